The summed E-state index contributed by atoms with van der Waals surface area (Å²) in [5.41, 5.74) is 5.59. The zero-order chi connectivity index (χ0) is 26.9. The smallest absolute Gasteiger partial charge is 0.272 e. The molecular weight excluding hydrogens is 499 g/mol. The van der Waals surface area contributed by atoms with Crippen molar-refractivity contribution in [1.82, 2.24) is 14.7 Å². The van der Waals surface area contributed by atoms with Crippen molar-refractivity contribution in [3.63, 3.8) is 0 Å². The highest BCUT2D eigenvalue weighted by Crippen LogP contribution is 2.26. The fourth-order valence-electron chi connectivity index (χ4n) is 4.74. The summed E-state index contributed by atoms with van der Waals surface area (Å²) in [6.07, 6.45) is 0. The second kappa shape index (κ2) is 10.6. The number of amides is 1. The first-order chi connectivity index (χ1) is 18.2. The second-order valence-corrected chi connectivity index (χ2v) is 11.2. The average molecular weight is 531 g/mol. The molecule has 7 heteroatoms. The Hall–Kier alpha value is -3.64. The van der Waals surface area contributed by atoms with E-state index in [9.17, 15) is 9.18 Å². The van der Waals surface area contributed by atoms with E-state index in [0.717, 1.165) is 22.5 Å². The molecule has 1 aliphatic rings. The summed E-state index contributed by atoms with van der Waals surface area (Å²) in [5, 5.41) is 5.50. The third-order valence-corrected chi connectivity index (χ3v) is 7.30. The van der Waals surface area contributed by atoms with Crippen molar-refractivity contribution in [1.29, 1.82) is 0 Å². The van der Waals surface area contributed by atoms with Gasteiger partial charge in [0.15, 0.2) is 0 Å². The predicted molar refractivity (Wildman–Crippen MR) is 151 cm³/mol. The lowest BCUT2D eigenvalue weighted by Gasteiger charge is -2.36. The number of carbonyl (C=O) groups excluding carboxylic acids is 1. The van der Waals surface area contributed by atoms with Crippen LogP contribution in [0.4, 0.5) is 10.1 Å². The maximum atomic E-state index is 13.8. The first-order valence-corrected chi connectivity index (χ1v) is 13.3. The van der Waals surface area contributed by atoms with E-state index in [1.54, 1.807) is 12.1 Å². The molecule has 0 aliphatic carbocycles. The molecule has 1 saturated heterocycles. The minimum Gasteiger partial charge on any atom is -0.368 e. The van der Waals surface area contributed by atoms with E-state index in [2.05, 4.69) is 49.9 Å². The molecule has 2 heterocycles. The number of rotatable bonds is 5. The average Bonchev–Trinajstić information content (AvgIpc) is 3.32. The summed E-state index contributed by atoms with van der Waals surface area (Å²) in [7, 11) is 0. The number of nitrogens with zero attached hydrogens (tertiary/aromatic N) is 4. The molecule has 5 rings (SSSR count). The van der Waals surface area contributed by atoms with Crippen LogP contribution in [-0.2, 0) is 12.0 Å². The minimum absolute atomic E-state index is 0.0391. The van der Waals surface area contributed by atoms with E-state index in [0.29, 0.717) is 43.4 Å². The van der Waals surface area contributed by atoms with Crippen molar-refractivity contribution in [2.75, 3.05) is 31.1 Å². The van der Waals surface area contributed by atoms with Crippen LogP contribution in [0.1, 0.15) is 42.4 Å². The van der Waals surface area contributed by atoms with Gasteiger partial charge in [-0.2, -0.15) is 5.10 Å². The summed E-state index contributed by atoms with van der Waals surface area (Å²) in [6.45, 7) is 9.61. The van der Waals surface area contributed by atoms with Gasteiger partial charge in [0.2, 0.25) is 0 Å². The minimum atomic E-state index is -0.250. The van der Waals surface area contributed by atoms with Gasteiger partial charge in [0.05, 0.1) is 12.2 Å². The van der Waals surface area contributed by atoms with Crippen LogP contribution < -0.4 is 4.90 Å². The zero-order valence-electron chi connectivity index (χ0n) is 22.0. The van der Waals surface area contributed by atoms with Gasteiger partial charge in [-0.3, -0.25) is 9.48 Å². The SMILES string of the molecule is CC(C)(C)c1ccc(Cn2nc(-c3ccc(Cl)cc3)cc2C(=O)N2CCN(c3ccc(F)cc3)CC2)cc1. The fourth-order valence-corrected chi connectivity index (χ4v) is 4.86. The highest BCUT2D eigenvalue weighted by Gasteiger charge is 2.26. The summed E-state index contributed by atoms with van der Waals surface area (Å²) < 4.78 is 15.1. The molecule has 4 aromatic rings. The van der Waals surface area contributed by atoms with Crippen LogP contribution in [0.25, 0.3) is 11.3 Å². The molecule has 0 atom stereocenters. The van der Waals surface area contributed by atoms with E-state index in [1.165, 1.54) is 17.7 Å². The molecule has 0 N–H and O–H groups in total. The molecule has 0 unspecified atom stereocenters. The van der Waals surface area contributed by atoms with Gasteiger partial charge >= 0.3 is 0 Å². The summed E-state index contributed by atoms with van der Waals surface area (Å²) >= 11 is 6.09. The Bertz CT molecular complexity index is 1400. The Labute approximate surface area is 228 Å². The number of piperazine rings is 1. The van der Waals surface area contributed by atoms with Crippen LogP contribution in [0.3, 0.4) is 0 Å². The van der Waals surface area contributed by atoms with Gasteiger partial charge in [-0.1, -0.05) is 68.8 Å². The summed E-state index contributed by atoms with van der Waals surface area (Å²) in [5.74, 6) is -0.289. The third kappa shape index (κ3) is 5.76. The Kier molecular flexibility index (Phi) is 7.26. The predicted octanol–water partition coefficient (Wildman–Crippen LogP) is 6.65. The van der Waals surface area contributed by atoms with Gasteiger partial charge in [0.1, 0.15) is 11.5 Å². The largest absolute Gasteiger partial charge is 0.368 e. The van der Waals surface area contributed by atoms with Gasteiger partial charge in [0, 0.05) is 42.5 Å². The molecule has 38 heavy (non-hydrogen) atoms. The molecule has 0 bridgehead atoms. The van der Waals surface area contributed by atoms with Crippen LogP contribution in [0.2, 0.25) is 5.02 Å². The Morgan fingerprint density at radius 1 is 0.895 bits per heavy atom. The van der Waals surface area contributed by atoms with E-state index in [1.807, 2.05) is 39.9 Å². The van der Waals surface area contributed by atoms with Crippen molar-refractivity contribution in [3.8, 4) is 11.3 Å². The van der Waals surface area contributed by atoms with Crippen LogP contribution >= 0.6 is 11.6 Å². The van der Waals surface area contributed by atoms with E-state index in [-0.39, 0.29) is 17.1 Å². The standard InChI is InChI=1S/C31H32ClFN4O/c1-31(2,3)24-8-4-22(5-9-24)21-37-29(20-28(34-37)23-6-10-25(32)11-7-23)30(38)36-18-16-35(17-19-36)27-14-12-26(33)13-15-27/h4-15,20H,16-19,21H2,1-3H3. The number of halogens is 2. The highest BCUT2D eigenvalue weighted by molar-refractivity contribution is 6.30. The lowest BCUT2D eigenvalue weighted by atomic mass is 9.87. The molecule has 3 aromatic carbocycles. The highest BCUT2D eigenvalue weighted by atomic mass is 35.5. The quantitative estimate of drug-likeness (QED) is 0.290. The van der Waals surface area contributed by atoms with Crippen LogP contribution in [0, 0.1) is 5.82 Å². The Morgan fingerprint density at radius 2 is 1.53 bits per heavy atom. The van der Waals surface area contributed by atoms with Gasteiger partial charge in [-0.15, -0.1) is 0 Å². The molecule has 1 aliphatic heterocycles. The molecule has 0 radical (unpaired) electrons. The van der Waals surface area contributed by atoms with Crippen molar-refractivity contribution >= 4 is 23.2 Å². The molecule has 5 nitrogen and oxygen atoms in total. The number of hydrogen-bond donors (Lipinski definition) is 0. The number of benzene rings is 3. The number of hydrogen-bond acceptors (Lipinski definition) is 3. The van der Waals surface area contributed by atoms with Crippen LogP contribution in [0.5, 0.6) is 0 Å². The topological polar surface area (TPSA) is 41.4 Å². The van der Waals surface area contributed by atoms with Crippen molar-refractivity contribution in [3.05, 3.63) is 107 Å². The van der Waals surface area contributed by atoms with Gasteiger partial charge in [-0.05, 0) is 59.0 Å². The van der Waals surface area contributed by atoms with Crippen molar-refractivity contribution < 1.29 is 9.18 Å². The van der Waals surface area contributed by atoms with Crippen molar-refractivity contribution in [2.45, 2.75) is 32.7 Å². The lowest BCUT2D eigenvalue weighted by molar-refractivity contribution is 0.0734. The fraction of sp³-hybridized carbons (Fsp3) is 0.290. The second-order valence-electron chi connectivity index (χ2n) is 10.8. The Morgan fingerprint density at radius 3 is 2.13 bits per heavy atom. The molecule has 0 saturated carbocycles. The summed E-state index contributed by atoms with van der Waals surface area (Å²) in [6, 6.07) is 24.4. The Balaban J connectivity index is 1.39. The molecule has 196 valence electrons. The third-order valence-electron chi connectivity index (χ3n) is 7.05. The zero-order valence-corrected chi connectivity index (χ0v) is 22.8. The van der Waals surface area contributed by atoms with E-state index in [4.69, 9.17) is 16.7 Å². The van der Waals surface area contributed by atoms with Gasteiger partial charge in [-0.25, -0.2) is 4.39 Å². The molecular formula is C31H32ClFN4O. The molecule has 0 spiro atoms. The number of anilines is 1. The molecule has 1 aromatic heterocycles. The van der Waals surface area contributed by atoms with E-state index < -0.39 is 0 Å². The normalized spacial score (nSPS) is 14.1. The van der Waals surface area contributed by atoms with Crippen molar-refractivity contribution in [2.24, 2.45) is 0 Å². The van der Waals surface area contributed by atoms with Gasteiger partial charge < -0.3 is 9.80 Å². The maximum absolute atomic E-state index is 13.8. The molecule has 1 amide bonds. The van der Waals surface area contributed by atoms with Crippen LogP contribution in [-0.4, -0.2) is 46.8 Å². The van der Waals surface area contributed by atoms with Gasteiger partial charge in [0.25, 0.3) is 5.91 Å². The first-order valence-electron chi connectivity index (χ1n) is 12.9. The van der Waals surface area contributed by atoms with Crippen LogP contribution in [0.15, 0.2) is 78.9 Å². The number of carbonyl (C=O) groups is 1. The summed E-state index contributed by atoms with van der Waals surface area (Å²) in [4.78, 5) is 17.8. The number of aromatic nitrogens is 2. The first kappa shape index (κ1) is 26.0. The maximum Gasteiger partial charge on any atom is 0.272 e. The molecule has 1 fully saturated rings. The van der Waals surface area contributed by atoms with E-state index >= 15 is 0 Å². The monoisotopic (exact) mass is 530 g/mol. The lowest BCUT2D eigenvalue weighted by Crippen LogP contribution is -2.49.